The molecule has 0 aromatic heterocycles. The van der Waals surface area contributed by atoms with E-state index in [9.17, 15) is 0 Å². The normalized spacial score (nSPS) is 21.3. The van der Waals surface area contributed by atoms with Crippen LogP contribution in [0.1, 0.15) is 18.0 Å². The zero-order valence-electron chi connectivity index (χ0n) is 6.59. The van der Waals surface area contributed by atoms with Crippen LogP contribution in [-0.2, 0) is 0 Å². The zero-order chi connectivity index (χ0) is 8.55. The van der Waals surface area contributed by atoms with Crippen LogP contribution < -0.4 is 10.5 Å². The lowest BCUT2D eigenvalue weighted by Gasteiger charge is -2.22. The van der Waals surface area contributed by atoms with Crippen molar-refractivity contribution in [3.63, 3.8) is 0 Å². The molecule has 1 aliphatic rings. The largest absolute Gasteiger partial charge is 0.493 e. The summed E-state index contributed by atoms with van der Waals surface area (Å²) >= 11 is 3.39. The first kappa shape index (κ1) is 8.08. The number of benzene rings is 1. The smallest absolute Gasteiger partial charge is 0.125 e. The second kappa shape index (κ2) is 3.07. The van der Waals surface area contributed by atoms with Gasteiger partial charge in [0.1, 0.15) is 5.75 Å². The highest BCUT2D eigenvalue weighted by Gasteiger charge is 2.17. The van der Waals surface area contributed by atoms with E-state index < -0.39 is 0 Å². The molecule has 0 saturated heterocycles. The Morgan fingerprint density at radius 2 is 2.33 bits per heavy atom. The van der Waals surface area contributed by atoms with E-state index in [2.05, 4.69) is 15.9 Å². The lowest BCUT2D eigenvalue weighted by atomic mass is 10.0. The third-order valence-electron chi connectivity index (χ3n) is 2.06. The van der Waals surface area contributed by atoms with E-state index in [0.29, 0.717) is 0 Å². The zero-order valence-corrected chi connectivity index (χ0v) is 8.17. The lowest BCUT2D eigenvalue weighted by Crippen LogP contribution is -2.20. The highest BCUT2D eigenvalue weighted by atomic mass is 79.9. The maximum atomic E-state index is 5.90. The summed E-state index contributed by atoms with van der Waals surface area (Å²) in [6.45, 7) is 0.727. The fourth-order valence-corrected chi connectivity index (χ4v) is 1.73. The molecule has 0 saturated carbocycles. The van der Waals surface area contributed by atoms with E-state index in [0.717, 1.165) is 28.8 Å². The van der Waals surface area contributed by atoms with Crippen LogP contribution in [-0.4, -0.2) is 6.61 Å². The SMILES string of the molecule is N[C@@H]1CCOc2cc(Br)ccc21. The Balaban J connectivity index is 2.46. The summed E-state index contributed by atoms with van der Waals surface area (Å²) in [6.07, 6.45) is 0.911. The summed E-state index contributed by atoms with van der Waals surface area (Å²) in [4.78, 5) is 0. The Morgan fingerprint density at radius 1 is 1.50 bits per heavy atom. The predicted octanol–water partition coefficient (Wildman–Crippen LogP) is 2.23. The van der Waals surface area contributed by atoms with Crippen molar-refractivity contribution in [3.8, 4) is 5.75 Å². The molecule has 64 valence electrons. The summed E-state index contributed by atoms with van der Waals surface area (Å²) in [6, 6.07) is 6.12. The van der Waals surface area contributed by atoms with Crippen molar-refractivity contribution in [2.75, 3.05) is 6.61 Å². The molecule has 1 aliphatic heterocycles. The minimum Gasteiger partial charge on any atom is -0.493 e. The average Bonchev–Trinajstić information content (AvgIpc) is 2.04. The van der Waals surface area contributed by atoms with Gasteiger partial charge >= 0.3 is 0 Å². The van der Waals surface area contributed by atoms with Crippen molar-refractivity contribution in [2.24, 2.45) is 5.73 Å². The number of rotatable bonds is 0. The fraction of sp³-hybridized carbons (Fsp3) is 0.333. The molecule has 1 aromatic rings. The summed E-state index contributed by atoms with van der Waals surface area (Å²) in [5.41, 5.74) is 7.02. The van der Waals surface area contributed by atoms with E-state index in [1.165, 1.54) is 0 Å². The molecule has 0 aliphatic carbocycles. The highest BCUT2D eigenvalue weighted by Crippen LogP contribution is 2.32. The Morgan fingerprint density at radius 3 is 3.17 bits per heavy atom. The molecular weight excluding hydrogens is 218 g/mol. The van der Waals surface area contributed by atoms with Crippen LogP contribution >= 0.6 is 15.9 Å². The van der Waals surface area contributed by atoms with Crippen LogP contribution in [0.15, 0.2) is 22.7 Å². The Bertz CT molecular complexity index is 301. The van der Waals surface area contributed by atoms with Gasteiger partial charge in [-0.15, -0.1) is 0 Å². The first-order valence-electron chi connectivity index (χ1n) is 3.95. The van der Waals surface area contributed by atoms with Gasteiger partial charge in [-0.05, 0) is 12.1 Å². The van der Waals surface area contributed by atoms with Crippen LogP contribution in [0.3, 0.4) is 0 Å². The van der Waals surface area contributed by atoms with Crippen molar-refractivity contribution >= 4 is 15.9 Å². The molecule has 1 aromatic carbocycles. The van der Waals surface area contributed by atoms with Crippen LogP contribution in [0.4, 0.5) is 0 Å². The van der Waals surface area contributed by atoms with Crippen LogP contribution in [0, 0.1) is 0 Å². The molecule has 0 radical (unpaired) electrons. The van der Waals surface area contributed by atoms with Gasteiger partial charge in [-0.1, -0.05) is 22.0 Å². The molecule has 2 rings (SSSR count). The van der Waals surface area contributed by atoms with Gasteiger partial charge in [0.05, 0.1) is 6.61 Å². The first-order valence-corrected chi connectivity index (χ1v) is 4.74. The number of nitrogens with two attached hydrogens (primary N) is 1. The summed E-state index contributed by atoms with van der Waals surface area (Å²) in [7, 11) is 0. The molecule has 0 amide bonds. The second-order valence-corrected chi connectivity index (χ2v) is 3.84. The van der Waals surface area contributed by atoms with Gasteiger partial charge in [-0.2, -0.15) is 0 Å². The molecule has 1 atom stereocenters. The van der Waals surface area contributed by atoms with Crippen LogP contribution in [0.25, 0.3) is 0 Å². The predicted molar refractivity (Wildman–Crippen MR) is 51.2 cm³/mol. The minimum absolute atomic E-state index is 0.141. The van der Waals surface area contributed by atoms with Crippen molar-refractivity contribution in [3.05, 3.63) is 28.2 Å². The second-order valence-electron chi connectivity index (χ2n) is 2.93. The maximum Gasteiger partial charge on any atom is 0.125 e. The van der Waals surface area contributed by atoms with Gasteiger partial charge in [0.2, 0.25) is 0 Å². The number of halogens is 1. The molecule has 12 heavy (non-hydrogen) atoms. The van der Waals surface area contributed by atoms with Crippen molar-refractivity contribution in [1.82, 2.24) is 0 Å². The van der Waals surface area contributed by atoms with Crippen molar-refractivity contribution in [1.29, 1.82) is 0 Å². The molecular formula is C9H10BrNO. The molecule has 3 heteroatoms. The summed E-state index contributed by atoms with van der Waals surface area (Å²) in [5.74, 6) is 0.920. The summed E-state index contributed by atoms with van der Waals surface area (Å²) in [5, 5.41) is 0. The molecule has 0 spiro atoms. The number of hydrogen-bond acceptors (Lipinski definition) is 2. The van der Waals surface area contributed by atoms with Gasteiger partial charge < -0.3 is 10.5 Å². The monoisotopic (exact) mass is 227 g/mol. The third-order valence-corrected chi connectivity index (χ3v) is 2.55. The molecule has 0 bridgehead atoms. The van der Waals surface area contributed by atoms with Gasteiger partial charge in [-0.3, -0.25) is 0 Å². The van der Waals surface area contributed by atoms with Gasteiger partial charge in [0, 0.05) is 22.5 Å². The van der Waals surface area contributed by atoms with Crippen LogP contribution in [0.2, 0.25) is 0 Å². The Hall–Kier alpha value is -0.540. The molecule has 0 fully saturated rings. The first-order chi connectivity index (χ1) is 5.77. The maximum absolute atomic E-state index is 5.90. The molecule has 2 N–H and O–H groups in total. The number of hydrogen-bond donors (Lipinski definition) is 1. The number of fused-ring (bicyclic) bond motifs is 1. The lowest BCUT2D eigenvalue weighted by molar-refractivity contribution is 0.269. The minimum atomic E-state index is 0.141. The molecule has 2 nitrogen and oxygen atoms in total. The Labute approximate surface area is 79.8 Å². The van der Waals surface area contributed by atoms with Crippen LogP contribution in [0.5, 0.6) is 5.75 Å². The standard InChI is InChI=1S/C9H10BrNO/c10-6-1-2-7-8(11)3-4-12-9(7)5-6/h1-2,5,8H,3-4,11H2/t8-/m1/s1. The van der Waals surface area contributed by atoms with E-state index in [1.54, 1.807) is 0 Å². The molecule has 0 unspecified atom stereocenters. The van der Waals surface area contributed by atoms with E-state index in [4.69, 9.17) is 10.5 Å². The van der Waals surface area contributed by atoms with Gasteiger partial charge in [0.25, 0.3) is 0 Å². The third kappa shape index (κ3) is 1.34. The van der Waals surface area contributed by atoms with Gasteiger partial charge in [0.15, 0.2) is 0 Å². The van der Waals surface area contributed by atoms with E-state index in [1.807, 2.05) is 18.2 Å². The average molecular weight is 228 g/mol. The van der Waals surface area contributed by atoms with Crippen molar-refractivity contribution in [2.45, 2.75) is 12.5 Å². The van der Waals surface area contributed by atoms with Gasteiger partial charge in [-0.25, -0.2) is 0 Å². The van der Waals surface area contributed by atoms with E-state index in [-0.39, 0.29) is 6.04 Å². The Kier molecular flexibility index (Phi) is 2.07. The van der Waals surface area contributed by atoms with E-state index >= 15 is 0 Å². The summed E-state index contributed by atoms with van der Waals surface area (Å²) < 4.78 is 6.50. The quantitative estimate of drug-likeness (QED) is 0.738. The topological polar surface area (TPSA) is 35.2 Å². The van der Waals surface area contributed by atoms with Crippen molar-refractivity contribution < 1.29 is 4.74 Å². The highest BCUT2D eigenvalue weighted by molar-refractivity contribution is 9.10. The molecule has 1 heterocycles. The number of ether oxygens (including phenoxy) is 1. The fourth-order valence-electron chi connectivity index (χ4n) is 1.39.